The molecule has 0 aliphatic heterocycles. The van der Waals surface area contributed by atoms with E-state index in [2.05, 4.69) is 0 Å². The fourth-order valence-electron chi connectivity index (χ4n) is 7.87. The molecular formula is C21H30O8. The first-order chi connectivity index (χ1) is 13.4. The van der Waals surface area contributed by atoms with Crippen LogP contribution in [0, 0.1) is 28.6 Å². The Bertz CT molecular complexity index is 766. The number of hydrogen-bond acceptors (Lipinski definition) is 6. The molecule has 8 nitrogen and oxygen atoms in total. The van der Waals surface area contributed by atoms with Gasteiger partial charge in [-0.05, 0) is 63.2 Å². The summed E-state index contributed by atoms with van der Waals surface area (Å²) >= 11 is 0. The zero-order valence-corrected chi connectivity index (χ0v) is 16.6. The lowest BCUT2D eigenvalue weighted by atomic mass is 9.41. The van der Waals surface area contributed by atoms with Crippen molar-refractivity contribution in [2.45, 2.75) is 82.0 Å². The van der Waals surface area contributed by atoms with Crippen LogP contribution in [0.4, 0.5) is 0 Å². The summed E-state index contributed by atoms with van der Waals surface area (Å²) in [5.41, 5.74) is -5.24. The fourth-order valence-corrected chi connectivity index (χ4v) is 7.87. The maximum Gasteiger partial charge on any atom is 0.372 e. The van der Waals surface area contributed by atoms with E-state index in [0.29, 0.717) is 19.3 Å². The van der Waals surface area contributed by atoms with E-state index in [1.165, 1.54) is 0 Å². The van der Waals surface area contributed by atoms with Gasteiger partial charge < -0.3 is 25.5 Å². The first-order valence-corrected chi connectivity index (χ1v) is 10.6. The Kier molecular flexibility index (Phi) is 4.47. The molecule has 8 heteroatoms. The molecule has 0 aromatic carbocycles. The highest BCUT2D eigenvalue weighted by Gasteiger charge is 2.74. The second kappa shape index (κ2) is 6.25. The molecule has 4 aliphatic rings. The van der Waals surface area contributed by atoms with Crippen LogP contribution in [0.15, 0.2) is 0 Å². The average molecular weight is 410 g/mol. The molecule has 4 aliphatic carbocycles. The van der Waals surface area contributed by atoms with Gasteiger partial charge in [0.2, 0.25) is 5.78 Å². The third-order valence-electron chi connectivity index (χ3n) is 9.33. The average Bonchev–Trinajstić information content (AvgIpc) is 2.91. The van der Waals surface area contributed by atoms with E-state index in [9.17, 15) is 39.9 Å². The Morgan fingerprint density at radius 2 is 1.52 bits per heavy atom. The molecule has 0 heterocycles. The highest BCUT2D eigenvalue weighted by Crippen LogP contribution is 2.70. The van der Waals surface area contributed by atoms with E-state index in [0.717, 1.165) is 0 Å². The number of carbonyl (C=O) groups is 3. The molecule has 0 aromatic rings. The van der Waals surface area contributed by atoms with Crippen LogP contribution in [0.1, 0.15) is 64.7 Å². The van der Waals surface area contributed by atoms with Gasteiger partial charge >= 0.3 is 11.9 Å². The third kappa shape index (κ3) is 2.39. The summed E-state index contributed by atoms with van der Waals surface area (Å²) < 4.78 is 0. The minimum Gasteiger partial charge on any atom is -0.481 e. The zero-order chi connectivity index (χ0) is 21.4. The SMILES string of the molecule is C[C@]12CC[C@H]3[C@@H](CC[C@]4(O)C[C@@H](O)CC[C@]34C(=O)O)[C@]1(O)CC[C@@H]2C(=O)C(=O)O. The largest absolute Gasteiger partial charge is 0.481 e. The van der Waals surface area contributed by atoms with E-state index in [1.807, 2.05) is 0 Å². The van der Waals surface area contributed by atoms with Crippen molar-refractivity contribution in [1.29, 1.82) is 0 Å². The molecule has 0 aromatic heterocycles. The van der Waals surface area contributed by atoms with E-state index in [4.69, 9.17) is 0 Å². The standard InChI is InChI=1S/C21H30O8/c1-18-6-3-12-13(21(18,29)9-5-14(18)15(23)16(24)25)4-7-19(28)10-11(22)2-8-20(12,19)17(26)27/h11-14,22,28-29H,2-10H2,1H3,(H,24,25)(H,26,27)/t11-,12-,13+,14+,18+,19-,20+,21+/m0/s1. The maximum atomic E-state index is 12.6. The molecule has 0 amide bonds. The number of rotatable bonds is 3. The van der Waals surface area contributed by atoms with Gasteiger partial charge in [0.05, 0.1) is 22.7 Å². The lowest BCUT2D eigenvalue weighted by Crippen LogP contribution is -2.70. The van der Waals surface area contributed by atoms with Crippen LogP contribution in [0.2, 0.25) is 0 Å². The normalized spacial score (nSPS) is 51.4. The van der Waals surface area contributed by atoms with Crippen molar-refractivity contribution < 1.29 is 39.9 Å². The Balaban J connectivity index is 1.76. The van der Waals surface area contributed by atoms with Gasteiger partial charge in [0.25, 0.3) is 0 Å². The first-order valence-electron chi connectivity index (χ1n) is 10.6. The topological polar surface area (TPSA) is 152 Å². The predicted octanol–water partition coefficient (Wildman–Crippen LogP) is 0.954. The lowest BCUT2D eigenvalue weighted by Gasteiger charge is -2.64. The minimum absolute atomic E-state index is 0.0122. The van der Waals surface area contributed by atoms with Gasteiger partial charge in [-0.25, -0.2) is 4.79 Å². The number of fused-ring (bicyclic) bond motifs is 5. The number of aliphatic hydroxyl groups is 3. The molecule has 4 fully saturated rings. The smallest absolute Gasteiger partial charge is 0.372 e. The minimum atomic E-state index is -1.53. The Hall–Kier alpha value is -1.51. The summed E-state index contributed by atoms with van der Waals surface area (Å²) in [5.74, 6) is -5.18. The molecule has 162 valence electrons. The van der Waals surface area contributed by atoms with Gasteiger partial charge in [-0.3, -0.25) is 9.59 Å². The second-order valence-corrected chi connectivity index (χ2v) is 10.1. The van der Waals surface area contributed by atoms with Crippen molar-refractivity contribution in [2.75, 3.05) is 0 Å². The van der Waals surface area contributed by atoms with Gasteiger partial charge in [0.1, 0.15) is 0 Å². The maximum absolute atomic E-state index is 12.6. The van der Waals surface area contributed by atoms with Crippen molar-refractivity contribution in [3.05, 3.63) is 0 Å². The highest BCUT2D eigenvalue weighted by atomic mass is 16.4. The van der Waals surface area contributed by atoms with Crippen molar-refractivity contribution in [3.8, 4) is 0 Å². The molecule has 0 spiro atoms. The lowest BCUT2D eigenvalue weighted by molar-refractivity contribution is -0.260. The van der Waals surface area contributed by atoms with E-state index in [1.54, 1.807) is 6.92 Å². The number of carboxylic acids is 2. The van der Waals surface area contributed by atoms with Crippen molar-refractivity contribution in [1.82, 2.24) is 0 Å². The third-order valence-corrected chi connectivity index (χ3v) is 9.33. The van der Waals surface area contributed by atoms with Crippen molar-refractivity contribution >= 4 is 17.7 Å². The fraction of sp³-hybridized carbons (Fsp3) is 0.857. The second-order valence-electron chi connectivity index (χ2n) is 10.1. The Morgan fingerprint density at radius 1 is 0.862 bits per heavy atom. The number of aliphatic hydroxyl groups excluding tert-OH is 1. The summed E-state index contributed by atoms with van der Waals surface area (Å²) in [6.45, 7) is 1.76. The van der Waals surface area contributed by atoms with Crippen molar-refractivity contribution in [3.63, 3.8) is 0 Å². The van der Waals surface area contributed by atoms with E-state index in [-0.39, 0.29) is 38.5 Å². The molecule has 0 bridgehead atoms. The van der Waals surface area contributed by atoms with E-state index >= 15 is 0 Å². The van der Waals surface area contributed by atoms with Crippen LogP contribution in [0.5, 0.6) is 0 Å². The van der Waals surface area contributed by atoms with Crippen LogP contribution >= 0.6 is 0 Å². The summed E-state index contributed by atoms with van der Waals surface area (Å²) in [7, 11) is 0. The van der Waals surface area contributed by atoms with Gasteiger partial charge in [0, 0.05) is 17.8 Å². The van der Waals surface area contributed by atoms with Gasteiger partial charge in [0.15, 0.2) is 0 Å². The van der Waals surface area contributed by atoms with Crippen LogP contribution in [-0.2, 0) is 14.4 Å². The number of carbonyl (C=O) groups excluding carboxylic acids is 1. The number of ketones is 1. The zero-order valence-electron chi connectivity index (χ0n) is 16.6. The van der Waals surface area contributed by atoms with Gasteiger partial charge in [-0.1, -0.05) is 6.92 Å². The molecule has 0 saturated heterocycles. The molecule has 0 radical (unpaired) electrons. The molecule has 8 atom stereocenters. The molecule has 5 N–H and O–H groups in total. The van der Waals surface area contributed by atoms with Crippen LogP contribution in [-0.4, -0.2) is 60.6 Å². The van der Waals surface area contributed by atoms with Crippen LogP contribution < -0.4 is 0 Å². The predicted molar refractivity (Wildman–Crippen MR) is 98.7 cm³/mol. The Morgan fingerprint density at radius 3 is 2.14 bits per heavy atom. The first kappa shape index (κ1) is 20.8. The monoisotopic (exact) mass is 410 g/mol. The quantitative estimate of drug-likeness (QED) is 0.431. The molecule has 4 rings (SSSR count). The van der Waals surface area contributed by atoms with Gasteiger partial charge in [-0.15, -0.1) is 0 Å². The van der Waals surface area contributed by atoms with Crippen LogP contribution in [0.25, 0.3) is 0 Å². The molecular weight excluding hydrogens is 380 g/mol. The summed E-state index contributed by atoms with van der Waals surface area (Å²) in [6.07, 6.45) is 1.51. The summed E-state index contributed by atoms with van der Waals surface area (Å²) in [5, 5.41) is 52.8. The number of aliphatic carboxylic acids is 2. The number of hydrogen-bond donors (Lipinski definition) is 5. The molecule has 29 heavy (non-hydrogen) atoms. The Labute approximate surface area is 168 Å². The molecule has 0 unspecified atom stereocenters. The summed E-state index contributed by atoms with van der Waals surface area (Å²) in [6, 6.07) is 0. The number of carboxylic acid groups (broad SMARTS) is 2. The highest BCUT2D eigenvalue weighted by molar-refractivity contribution is 6.33. The summed E-state index contributed by atoms with van der Waals surface area (Å²) in [4.78, 5) is 36.2. The van der Waals surface area contributed by atoms with Gasteiger partial charge in [-0.2, -0.15) is 0 Å². The van der Waals surface area contributed by atoms with E-state index < -0.39 is 63.6 Å². The van der Waals surface area contributed by atoms with Crippen LogP contribution in [0.3, 0.4) is 0 Å². The van der Waals surface area contributed by atoms with Crippen molar-refractivity contribution in [2.24, 2.45) is 28.6 Å². The number of Topliss-reactive ketones (excluding diaryl/α,β-unsaturated/α-hetero) is 1. The molecule has 4 saturated carbocycles.